The van der Waals surface area contributed by atoms with E-state index in [0.29, 0.717) is 26.8 Å². The van der Waals surface area contributed by atoms with Crippen LogP contribution in [-0.4, -0.2) is 27.5 Å². The van der Waals surface area contributed by atoms with Crippen LogP contribution in [0.4, 0.5) is 5.69 Å². The summed E-state index contributed by atoms with van der Waals surface area (Å²) in [6, 6.07) is 16.1. The Labute approximate surface area is 192 Å². The molecule has 9 heteroatoms. The van der Waals surface area contributed by atoms with Crippen molar-refractivity contribution in [3.05, 3.63) is 82.0 Å². The van der Waals surface area contributed by atoms with Crippen LogP contribution in [0.5, 0.6) is 0 Å². The lowest BCUT2D eigenvalue weighted by Crippen LogP contribution is -2.24. The van der Waals surface area contributed by atoms with Crippen molar-refractivity contribution in [1.82, 2.24) is 9.55 Å². The normalized spacial score (nSPS) is 11.0. The van der Waals surface area contributed by atoms with Gasteiger partial charge in [0.25, 0.3) is 5.56 Å². The van der Waals surface area contributed by atoms with Gasteiger partial charge in [-0.15, -0.1) is 11.8 Å². The van der Waals surface area contributed by atoms with E-state index in [9.17, 15) is 9.59 Å². The van der Waals surface area contributed by atoms with Gasteiger partial charge in [0.05, 0.1) is 29.5 Å². The van der Waals surface area contributed by atoms with Crippen molar-refractivity contribution in [3.8, 4) is 0 Å². The van der Waals surface area contributed by atoms with E-state index in [-0.39, 0.29) is 23.8 Å². The second-order valence-electron chi connectivity index (χ2n) is 6.60. The Balaban J connectivity index is 1.60. The fourth-order valence-electron chi connectivity index (χ4n) is 3.01. The zero-order valence-electron chi connectivity index (χ0n) is 16.5. The zero-order chi connectivity index (χ0) is 21.8. The summed E-state index contributed by atoms with van der Waals surface area (Å²) in [6.07, 6.45) is 3.53. The molecule has 0 spiro atoms. The lowest BCUT2D eigenvalue weighted by molar-refractivity contribution is -0.113. The first-order valence-electron chi connectivity index (χ1n) is 9.32. The van der Waals surface area contributed by atoms with E-state index in [4.69, 9.17) is 16.0 Å². The number of rotatable bonds is 7. The van der Waals surface area contributed by atoms with Gasteiger partial charge in [-0.2, -0.15) is 0 Å². The maximum absolute atomic E-state index is 13.1. The number of hydrogen-bond acceptors (Lipinski definition) is 6. The molecule has 2 aromatic heterocycles. The molecule has 2 aromatic carbocycles. The molecule has 0 unspecified atom stereocenters. The quantitative estimate of drug-likeness (QED) is 0.297. The molecular weight excluding hydrogens is 454 g/mol. The third-order valence-electron chi connectivity index (χ3n) is 4.46. The average Bonchev–Trinajstić information content (AvgIpc) is 3.28. The molecule has 31 heavy (non-hydrogen) atoms. The van der Waals surface area contributed by atoms with E-state index >= 15 is 0 Å². The molecule has 6 nitrogen and oxygen atoms in total. The second kappa shape index (κ2) is 9.64. The van der Waals surface area contributed by atoms with Gasteiger partial charge in [0, 0.05) is 15.6 Å². The summed E-state index contributed by atoms with van der Waals surface area (Å²) in [7, 11) is 0. The number of nitrogens with zero attached hydrogens (tertiary/aromatic N) is 2. The van der Waals surface area contributed by atoms with Gasteiger partial charge < -0.3 is 9.73 Å². The number of amides is 1. The standard InChI is InChI=1S/C22H18ClN3O3S2/c1-30-17-6-2-4-15(11-17)24-20(27)13-31-22-25-19-10-14(23)7-8-18(19)21(28)26(22)12-16-5-3-9-29-16/h2-11H,12-13H2,1H3,(H,24,27). The number of furan rings is 1. The molecule has 0 saturated carbocycles. The highest BCUT2D eigenvalue weighted by molar-refractivity contribution is 7.99. The van der Waals surface area contributed by atoms with Crippen LogP contribution in [0.2, 0.25) is 5.02 Å². The van der Waals surface area contributed by atoms with Crippen LogP contribution in [0.3, 0.4) is 0 Å². The molecular formula is C22H18ClN3O3S2. The molecule has 4 aromatic rings. The van der Waals surface area contributed by atoms with Crippen LogP contribution < -0.4 is 10.9 Å². The molecule has 0 aliphatic carbocycles. The van der Waals surface area contributed by atoms with Crippen LogP contribution in [0.15, 0.2) is 80.1 Å². The minimum atomic E-state index is -0.214. The van der Waals surface area contributed by atoms with Gasteiger partial charge in [-0.3, -0.25) is 14.2 Å². The van der Waals surface area contributed by atoms with E-state index in [1.165, 1.54) is 16.3 Å². The number of fused-ring (bicyclic) bond motifs is 1. The Morgan fingerprint density at radius 1 is 1.19 bits per heavy atom. The number of carbonyl (C=O) groups is 1. The molecule has 0 aliphatic heterocycles. The van der Waals surface area contributed by atoms with Gasteiger partial charge >= 0.3 is 0 Å². The third kappa shape index (κ3) is 5.15. The Hall–Kier alpha value is -2.68. The summed E-state index contributed by atoms with van der Waals surface area (Å²) in [5.74, 6) is 0.533. The van der Waals surface area contributed by atoms with E-state index in [0.717, 1.165) is 10.6 Å². The first-order chi connectivity index (χ1) is 15.0. The van der Waals surface area contributed by atoms with Gasteiger partial charge in [-0.1, -0.05) is 29.4 Å². The van der Waals surface area contributed by atoms with Crippen molar-refractivity contribution in [2.24, 2.45) is 0 Å². The average molecular weight is 472 g/mol. The highest BCUT2D eigenvalue weighted by Crippen LogP contribution is 2.23. The maximum atomic E-state index is 13.1. The first-order valence-corrected chi connectivity index (χ1v) is 11.9. The molecule has 1 amide bonds. The third-order valence-corrected chi connectivity index (χ3v) is 6.40. The smallest absolute Gasteiger partial charge is 0.262 e. The lowest BCUT2D eigenvalue weighted by Gasteiger charge is -2.12. The molecule has 0 bridgehead atoms. The van der Waals surface area contributed by atoms with Gasteiger partial charge in [0.1, 0.15) is 5.76 Å². The number of carbonyl (C=O) groups excluding carboxylic acids is 1. The Bertz CT molecular complexity index is 1290. The van der Waals surface area contributed by atoms with Gasteiger partial charge in [0.15, 0.2) is 5.16 Å². The summed E-state index contributed by atoms with van der Waals surface area (Å²) >= 11 is 8.88. The van der Waals surface area contributed by atoms with Gasteiger partial charge in [0.2, 0.25) is 5.91 Å². The fraction of sp³-hybridized carbons (Fsp3) is 0.136. The van der Waals surface area contributed by atoms with E-state index in [1.807, 2.05) is 30.5 Å². The number of hydrogen-bond donors (Lipinski definition) is 1. The molecule has 0 fully saturated rings. The van der Waals surface area contributed by atoms with Crippen molar-refractivity contribution in [2.45, 2.75) is 16.6 Å². The SMILES string of the molecule is CSc1cccc(NC(=O)CSc2nc3cc(Cl)ccc3c(=O)n2Cc2ccco2)c1. The number of nitrogens with one attached hydrogen (secondary N) is 1. The number of halogens is 1. The van der Waals surface area contributed by atoms with E-state index < -0.39 is 0 Å². The van der Waals surface area contributed by atoms with Crippen LogP contribution in [0, 0.1) is 0 Å². The zero-order valence-corrected chi connectivity index (χ0v) is 18.9. The monoisotopic (exact) mass is 471 g/mol. The highest BCUT2D eigenvalue weighted by atomic mass is 35.5. The lowest BCUT2D eigenvalue weighted by atomic mass is 10.2. The van der Waals surface area contributed by atoms with E-state index in [2.05, 4.69) is 10.3 Å². The highest BCUT2D eigenvalue weighted by Gasteiger charge is 2.15. The van der Waals surface area contributed by atoms with Crippen LogP contribution in [0.1, 0.15) is 5.76 Å². The van der Waals surface area contributed by atoms with Crippen molar-refractivity contribution >= 4 is 57.6 Å². The summed E-state index contributed by atoms with van der Waals surface area (Å²) in [5, 5.41) is 4.25. The van der Waals surface area contributed by atoms with Crippen molar-refractivity contribution < 1.29 is 9.21 Å². The van der Waals surface area contributed by atoms with Crippen molar-refractivity contribution in [1.29, 1.82) is 0 Å². The summed E-state index contributed by atoms with van der Waals surface area (Å²) in [6.45, 7) is 0.219. The Morgan fingerprint density at radius 2 is 2.06 bits per heavy atom. The summed E-state index contributed by atoms with van der Waals surface area (Å²) in [5.41, 5.74) is 1.00. The number of aromatic nitrogens is 2. The minimum absolute atomic E-state index is 0.0974. The molecule has 0 aliphatic rings. The Morgan fingerprint density at radius 3 is 2.84 bits per heavy atom. The molecule has 158 valence electrons. The Kier molecular flexibility index (Phi) is 6.70. The van der Waals surface area contributed by atoms with Gasteiger partial charge in [-0.05, 0) is 54.8 Å². The number of anilines is 1. The van der Waals surface area contributed by atoms with Crippen LogP contribution in [0.25, 0.3) is 10.9 Å². The molecule has 0 atom stereocenters. The summed E-state index contributed by atoms with van der Waals surface area (Å²) in [4.78, 5) is 31.3. The number of thioether (sulfide) groups is 2. The molecule has 1 N–H and O–H groups in total. The first kappa shape index (κ1) is 21.5. The minimum Gasteiger partial charge on any atom is -0.467 e. The predicted molar refractivity (Wildman–Crippen MR) is 126 cm³/mol. The molecule has 0 radical (unpaired) electrons. The topological polar surface area (TPSA) is 77.1 Å². The molecule has 4 rings (SSSR count). The number of benzene rings is 2. The predicted octanol–water partition coefficient (Wildman–Crippen LogP) is 5.14. The molecule has 0 saturated heterocycles. The van der Waals surface area contributed by atoms with Crippen LogP contribution in [-0.2, 0) is 11.3 Å². The molecule has 2 heterocycles. The van der Waals surface area contributed by atoms with Crippen molar-refractivity contribution in [2.75, 3.05) is 17.3 Å². The second-order valence-corrected chi connectivity index (χ2v) is 8.85. The fourth-order valence-corrected chi connectivity index (χ4v) is 4.43. The largest absolute Gasteiger partial charge is 0.467 e. The van der Waals surface area contributed by atoms with Crippen LogP contribution >= 0.6 is 35.1 Å². The van der Waals surface area contributed by atoms with Gasteiger partial charge in [-0.25, -0.2) is 4.98 Å². The summed E-state index contributed by atoms with van der Waals surface area (Å²) < 4.78 is 6.92. The maximum Gasteiger partial charge on any atom is 0.262 e. The van der Waals surface area contributed by atoms with E-state index in [1.54, 1.807) is 48.4 Å². The van der Waals surface area contributed by atoms with Crippen molar-refractivity contribution in [3.63, 3.8) is 0 Å².